The highest BCUT2D eigenvalue weighted by molar-refractivity contribution is 5.98. The summed E-state index contributed by atoms with van der Waals surface area (Å²) in [5, 5.41) is 21.0. The van der Waals surface area contributed by atoms with Crippen LogP contribution in [0.4, 0.5) is 0 Å². The number of carbonyl (C=O) groups is 2. The van der Waals surface area contributed by atoms with Gasteiger partial charge < -0.3 is 15.5 Å². The number of Topliss-reactive ketones (excluding diaryl/α,β-unsaturated/α-hetero) is 1. The smallest absolute Gasteiger partial charge is 0.251 e. The number of benzene rings is 2. The van der Waals surface area contributed by atoms with Gasteiger partial charge in [0.05, 0.1) is 6.10 Å². The van der Waals surface area contributed by atoms with Crippen LogP contribution in [0.5, 0.6) is 0 Å². The maximum absolute atomic E-state index is 12.3. The van der Waals surface area contributed by atoms with Crippen molar-refractivity contribution < 1.29 is 19.8 Å². The van der Waals surface area contributed by atoms with E-state index in [0.29, 0.717) is 5.56 Å². The fraction of sp³-hybridized carbons (Fsp3) is 0.304. The van der Waals surface area contributed by atoms with Crippen LogP contribution in [0.1, 0.15) is 47.3 Å². The molecule has 0 saturated heterocycles. The Kier molecular flexibility index (Phi) is 7.94. The Bertz CT molecular complexity index is 858. The van der Waals surface area contributed by atoms with Crippen LogP contribution in [0, 0.1) is 11.8 Å². The number of rotatable bonds is 7. The summed E-state index contributed by atoms with van der Waals surface area (Å²) < 4.78 is 0. The van der Waals surface area contributed by atoms with E-state index in [4.69, 9.17) is 5.11 Å². The number of ketones is 1. The molecule has 2 aromatic carbocycles. The van der Waals surface area contributed by atoms with Gasteiger partial charge in [-0.2, -0.15) is 0 Å². The molecule has 0 aliphatic carbocycles. The van der Waals surface area contributed by atoms with Gasteiger partial charge in [0.15, 0.2) is 5.78 Å². The molecule has 0 bridgehead atoms. The van der Waals surface area contributed by atoms with Gasteiger partial charge >= 0.3 is 0 Å². The molecule has 1 amide bonds. The number of carbonyl (C=O) groups excluding carboxylic acids is 2. The van der Waals surface area contributed by atoms with Crippen LogP contribution in [0.25, 0.3) is 0 Å². The van der Waals surface area contributed by atoms with Crippen LogP contribution in [-0.2, 0) is 11.2 Å². The minimum Gasteiger partial charge on any atom is -0.391 e. The first kappa shape index (κ1) is 21.4. The van der Waals surface area contributed by atoms with Crippen molar-refractivity contribution in [3.8, 4) is 11.8 Å². The maximum atomic E-state index is 12.3. The third-order valence-corrected chi connectivity index (χ3v) is 4.26. The lowest BCUT2D eigenvalue weighted by atomic mass is 10.1. The largest absolute Gasteiger partial charge is 0.391 e. The fourth-order valence-corrected chi connectivity index (χ4v) is 2.69. The topological polar surface area (TPSA) is 86.6 Å². The molecular formula is C23H25NO4. The van der Waals surface area contributed by atoms with Crippen LogP contribution in [0.15, 0.2) is 48.5 Å². The van der Waals surface area contributed by atoms with E-state index in [9.17, 15) is 14.7 Å². The normalized spacial score (nSPS) is 12.4. The minimum absolute atomic E-state index is 0.339. The monoisotopic (exact) mass is 379 g/mol. The van der Waals surface area contributed by atoms with Crippen molar-refractivity contribution >= 4 is 11.7 Å². The molecule has 28 heavy (non-hydrogen) atoms. The predicted octanol–water partition coefficient (Wildman–Crippen LogP) is 2.08. The van der Waals surface area contributed by atoms with Gasteiger partial charge in [0.25, 0.3) is 5.91 Å². The first-order valence-corrected chi connectivity index (χ1v) is 9.28. The maximum Gasteiger partial charge on any atom is 0.251 e. The molecule has 0 fully saturated rings. The summed E-state index contributed by atoms with van der Waals surface area (Å²) in [7, 11) is 0. The predicted molar refractivity (Wildman–Crippen MR) is 108 cm³/mol. The molecule has 5 nitrogen and oxygen atoms in total. The van der Waals surface area contributed by atoms with Gasteiger partial charge in [-0.3, -0.25) is 9.59 Å². The molecule has 2 rings (SSSR count). The van der Waals surface area contributed by atoms with E-state index < -0.39 is 30.4 Å². The summed E-state index contributed by atoms with van der Waals surface area (Å²) in [6.07, 6.45) is 1.06. The zero-order chi connectivity index (χ0) is 20.5. The van der Waals surface area contributed by atoms with Gasteiger partial charge in [-0.15, -0.1) is 0 Å². The lowest BCUT2D eigenvalue weighted by Gasteiger charge is -2.19. The van der Waals surface area contributed by atoms with Gasteiger partial charge in [-0.1, -0.05) is 37.3 Å². The first-order valence-electron chi connectivity index (χ1n) is 9.28. The van der Waals surface area contributed by atoms with E-state index in [1.165, 1.54) is 12.5 Å². The second kappa shape index (κ2) is 10.4. The molecule has 0 aliphatic rings. The Labute approximate surface area is 165 Å². The quantitative estimate of drug-likeness (QED) is 0.643. The van der Waals surface area contributed by atoms with E-state index in [1.807, 2.05) is 12.1 Å². The Morgan fingerprint density at radius 2 is 1.54 bits per heavy atom. The van der Waals surface area contributed by atoms with Gasteiger partial charge in [0.2, 0.25) is 0 Å². The number of hydrogen-bond donors (Lipinski definition) is 3. The summed E-state index contributed by atoms with van der Waals surface area (Å²) in [5.74, 6) is 5.00. The molecule has 0 heterocycles. The number of nitrogens with one attached hydrogen (secondary N) is 1. The van der Waals surface area contributed by atoms with Crippen LogP contribution in [0.3, 0.4) is 0 Å². The van der Waals surface area contributed by atoms with Gasteiger partial charge in [0.1, 0.15) is 12.6 Å². The summed E-state index contributed by atoms with van der Waals surface area (Å²) in [6.45, 7) is 2.78. The van der Waals surface area contributed by atoms with Crippen LogP contribution in [0.2, 0.25) is 0 Å². The van der Waals surface area contributed by atoms with Crippen LogP contribution >= 0.6 is 0 Å². The lowest BCUT2D eigenvalue weighted by molar-refractivity contribution is -0.125. The number of hydrogen-bond acceptors (Lipinski definition) is 4. The second-order valence-electron chi connectivity index (χ2n) is 6.59. The molecule has 3 N–H and O–H groups in total. The Morgan fingerprint density at radius 3 is 2.00 bits per heavy atom. The summed E-state index contributed by atoms with van der Waals surface area (Å²) >= 11 is 0. The zero-order valence-electron chi connectivity index (χ0n) is 16.1. The molecule has 0 saturated carbocycles. The van der Waals surface area contributed by atoms with E-state index in [0.717, 1.165) is 24.0 Å². The van der Waals surface area contributed by atoms with Gasteiger partial charge in [0, 0.05) is 16.7 Å². The van der Waals surface area contributed by atoms with Gasteiger partial charge in [-0.05, 0) is 55.3 Å². The highest BCUT2D eigenvalue weighted by atomic mass is 16.3. The highest BCUT2D eigenvalue weighted by Crippen LogP contribution is 2.08. The molecule has 0 radical (unpaired) electrons. The standard InChI is InChI=1S/C23H25NO4/c1-3-4-17-5-7-18(8-6-17)9-10-19-11-13-20(14-12-19)23(28)24-22(16(2)26)21(27)15-25/h5-8,11-14,16,22,25-26H,3-4,15H2,1-2H3,(H,24,28)/t16-,22+/m1/s1. The number of aliphatic hydroxyl groups is 2. The van der Waals surface area contributed by atoms with Crippen molar-refractivity contribution in [2.75, 3.05) is 6.61 Å². The highest BCUT2D eigenvalue weighted by Gasteiger charge is 2.25. The Morgan fingerprint density at radius 1 is 1.00 bits per heavy atom. The SMILES string of the molecule is CCCc1ccc(C#Cc2ccc(C(=O)N[C@H](C(=O)CO)[C@@H](C)O)cc2)cc1. The Hall–Kier alpha value is -2.94. The molecule has 0 aliphatic heterocycles. The van der Waals surface area contributed by atoms with Crippen molar-refractivity contribution in [1.82, 2.24) is 5.32 Å². The average Bonchev–Trinajstić information content (AvgIpc) is 2.71. The lowest BCUT2D eigenvalue weighted by Crippen LogP contribution is -2.48. The van der Waals surface area contributed by atoms with Crippen LogP contribution < -0.4 is 5.32 Å². The molecule has 146 valence electrons. The fourth-order valence-electron chi connectivity index (χ4n) is 2.69. The van der Waals surface area contributed by atoms with Crippen molar-refractivity contribution in [1.29, 1.82) is 0 Å². The molecular weight excluding hydrogens is 354 g/mol. The molecule has 0 spiro atoms. The first-order chi connectivity index (χ1) is 13.4. The second-order valence-corrected chi connectivity index (χ2v) is 6.59. The van der Waals surface area contributed by atoms with Crippen molar-refractivity contribution in [3.05, 3.63) is 70.8 Å². The van der Waals surface area contributed by atoms with E-state index in [2.05, 4.69) is 36.2 Å². The molecule has 0 unspecified atom stereocenters. The third kappa shape index (κ3) is 6.05. The summed E-state index contributed by atoms with van der Waals surface area (Å²) in [4.78, 5) is 23.9. The molecule has 2 aromatic rings. The average molecular weight is 379 g/mol. The third-order valence-electron chi connectivity index (χ3n) is 4.26. The number of amides is 1. The van der Waals surface area contributed by atoms with E-state index >= 15 is 0 Å². The van der Waals surface area contributed by atoms with Gasteiger partial charge in [-0.25, -0.2) is 0 Å². The minimum atomic E-state index is -1.15. The molecule has 0 aromatic heterocycles. The molecule has 2 atom stereocenters. The van der Waals surface area contributed by atoms with Crippen LogP contribution in [-0.4, -0.2) is 40.7 Å². The van der Waals surface area contributed by atoms with E-state index in [-0.39, 0.29) is 0 Å². The molecule has 5 heteroatoms. The zero-order valence-corrected chi connectivity index (χ0v) is 16.1. The number of aliphatic hydroxyl groups excluding tert-OH is 2. The van der Waals surface area contributed by atoms with Crippen molar-refractivity contribution in [2.45, 2.75) is 38.8 Å². The van der Waals surface area contributed by atoms with Crippen molar-refractivity contribution in [2.24, 2.45) is 0 Å². The summed E-state index contributed by atoms with van der Waals surface area (Å²) in [5.41, 5.74) is 3.31. The Balaban J connectivity index is 2.05. The summed E-state index contributed by atoms with van der Waals surface area (Å²) in [6, 6.07) is 13.6. The van der Waals surface area contributed by atoms with Crippen molar-refractivity contribution in [3.63, 3.8) is 0 Å². The number of aryl methyl sites for hydroxylation is 1. The van der Waals surface area contributed by atoms with E-state index in [1.54, 1.807) is 24.3 Å².